The minimum atomic E-state index is -4.18. The Morgan fingerprint density at radius 1 is 0.917 bits per heavy atom. The summed E-state index contributed by atoms with van der Waals surface area (Å²) in [7, 11) is -0.0736. The van der Waals surface area contributed by atoms with Crippen LogP contribution in [0.5, 0.6) is 11.5 Å². The highest BCUT2D eigenvalue weighted by molar-refractivity contribution is 7.89. The molecule has 10 heteroatoms. The van der Waals surface area contributed by atoms with E-state index in [1.54, 1.807) is 18.2 Å². The number of amides is 1. The summed E-state index contributed by atoms with van der Waals surface area (Å²) in [5.41, 5.74) is 2.46. The van der Waals surface area contributed by atoms with Crippen LogP contribution < -0.4 is 14.8 Å². The number of carbonyl (C=O) groups is 2. The van der Waals surface area contributed by atoms with Crippen LogP contribution in [0.1, 0.15) is 21.5 Å². The molecule has 1 unspecified atom stereocenters. The van der Waals surface area contributed by atoms with E-state index in [4.69, 9.17) is 14.2 Å². The van der Waals surface area contributed by atoms with Crippen molar-refractivity contribution >= 4 is 27.6 Å². The van der Waals surface area contributed by atoms with E-state index in [2.05, 4.69) is 5.32 Å². The Kier molecular flexibility index (Phi) is 7.27. The third-order valence-corrected chi connectivity index (χ3v) is 7.91. The second kappa shape index (κ2) is 10.4. The summed E-state index contributed by atoms with van der Waals surface area (Å²) < 4.78 is 44.3. The van der Waals surface area contributed by atoms with Crippen LogP contribution in [0, 0.1) is 0 Å². The van der Waals surface area contributed by atoms with Crippen LogP contribution in [0.4, 0.5) is 5.69 Å². The summed E-state index contributed by atoms with van der Waals surface area (Å²) in [6.07, 6.45) is 0.188. The van der Waals surface area contributed by atoms with Crippen molar-refractivity contribution in [2.45, 2.75) is 23.9 Å². The maximum atomic E-state index is 13.9. The Hall–Kier alpha value is -3.89. The summed E-state index contributed by atoms with van der Waals surface area (Å²) in [6, 6.07) is 17.1. The fraction of sp³-hybridized carbons (Fsp3) is 0.231. The van der Waals surface area contributed by atoms with Crippen molar-refractivity contribution in [3.8, 4) is 11.5 Å². The SMILES string of the molecule is COC(=O)c1ccc(NC(=O)C2Cc3ccccc3CN2S(=O)(=O)c2cc(OC)ccc2OC)cc1. The number of ether oxygens (including phenoxy) is 3. The second-order valence-electron chi connectivity index (χ2n) is 8.11. The average Bonchev–Trinajstić information content (AvgIpc) is 2.91. The molecule has 36 heavy (non-hydrogen) atoms. The van der Waals surface area contributed by atoms with Crippen LogP contribution in [0.15, 0.2) is 71.6 Å². The van der Waals surface area contributed by atoms with Gasteiger partial charge in [-0.15, -0.1) is 0 Å². The molecule has 1 N–H and O–H groups in total. The zero-order chi connectivity index (χ0) is 25.9. The first-order valence-corrected chi connectivity index (χ1v) is 12.5. The summed E-state index contributed by atoms with van der Waals surface area (Å²) in [6.45, 7) is 0.0121. The highest BCUT2D eigenvalue weighted by atomic mass is 32.2. The van der Waals surface area contributed by atoms with Crippen molar-refractivity contribution in [2.75, 3.05) is 26.6 Å². The number of fused-ring (bicyclic) bond motifs is 1. The van der Waals surface area contributed by atoms with Gasteiger partial charge in [0.15, 0.2) is 0 Å². The number of nitrogens with zero attached hydrogens (tertiary/aromatic N) is 1. The summed E-state index contributed by atoms with van der Waals surface area (Å²) >= 11 is 0. The van der Waals surface area contributed by atoms with Crippen LogP contribution in [0.25, 0.3) is 0 Å². The molecule has 188 valence electrons. The zero-order valence-electron chi connectivity index (χ0n) is 20.1. The number of nitrogens with one attached hydrogen (secondary N) is 1. The standard InChI is InChI=1S/C26H26N2O7S/c1-33-21-12-13-23(34-2)24(15-21)36(31,32)28-16-19-7-5-4-6-18(19)14-22(28)25(29)27-20-10-8-17(9-11-20)26(30)35-3/h4-13,15,22H,14,16H2,1-3H3,(H,27,29). The zero-order valence-corrected chi connectivity index (χ0v) is 20.9. The van der Waals surface area contributed by atoms with Gasteiger partial charge in [-0.3, -0.25) is 4.79 Å². The summed E-state index contributed by atoms with van der Waals surface area (Å²) in [5.74, 6) is -0.507. The minimum Gasteiger partial charge on any atom is -0.497 e. The number of carbonyl (C=O) groups excluding carboxylic acids is 2. The third-order valence-electron chi connectivity index (χ3n) is 6.04. The average molecular weight is 511 g/mol. The fourth-order valence-electron chi connectivity index (χ4n) is 4.12. The molecule has 9 nitrogen and oxygen atoms in total. The van der Waals surface area contributed by atoms with E-state index in [-0.39, 0.29) is 23.6 Å². The first-order chi connectivity index (χ1) is 17.3. The topological polar surface area (TPSA) is 111 Å². The lowest BCUT2D eigenvalue weighted by molar-refractivity contribution is -0.120. The Morgan fingerprint density at radius 2 is 1.61 bits per heavy atom. The van der Waals surface area contributed by atoms with Crippen LogP contribution in [0.3, 0.4) is 0 Å². The molecule has 3 aromatic carbocycles. The molecule has 0 saturated carbocycles. The normalized spacial score (nSPS) is 15.5. The summed E-state index contributed by atoms with van der Waals surface area (Å²) in [5, 5.41) is 2.78. The second-order valence-corrected chi connectivity index (χ2v) is 9.97. The van der Waals surface area contributed by atoms with Crippen LogP contribution >= 0.6 is 0 Å². The van der Waals surface area contributed by atoms with Gasteiger partial charge in [-0.25, -0.2) is 13.2 Å². The molecule has 0 spiro atoms. The quantitative estimate of drug-likeness (QED) is 0.486. The lowest BCUT2D eigenvalue weighted by Crippen LogP contribution is -2.50. The predicted octanol–water partition coefficient (Wildman–Crippen LogP) is 3.24. The molecule has 4 rings (SSSR count). The Bertz CT molecular complexity index is 1390. The van der Waals surface area contributed by atoms with Gasteiger partial charge in [0, 0.05) is 18.3 Å². The van der Waals surface area contributed by atoms with Crippen LogP contribution in [-0.4, -0.2) is 52.0 Å². The fourth-order valence-corrected chi connectivity index (χ4v) is 5.86. The van der Waals surface area contributed by atoms with E-state index < -0.39 is 27.9 Å². The monoisotopic (exact) mass is 510 g/mol. The maximum absolute atomic E-state index is 13.9. The van der Waals surface area contributed by atoms with Crippen molar-refractivity contribution in [3.63, 3.8) is 0 Å². The molecule has 1 aliphatic rings. The van der Waals surface area contributed by atoms with Gasteiger partial charge in [0.05, 0.1) is 26.9 Å². The largest absolute Gasteiger partial charge is 0.497 e. The number of rotatable bonds is 7. The van der Waals surface area contributed by atoms with Gasteiger partial charge >= 0.3 is 5.97 Å². The van der Waals surface area contributed by atoms with Crippen molar-refractivity contribution in [2.24, 2.45) is 0 Å². The number of benzene rings is 3. The van der Waals surface area contributed by atoms with Crippen molar-refractivity contribution in [1.82, 2.24) is 4.31 Å². The molecular weight excluding hydrogens is 484 g/mol. The molecule has 1 heterocycles. The minimum absolute atomic E-state index is 0.0121. The number of hydrogen-bond donors (Lipinski definition) is 1. The molecule has 0 aromatic heterocycles. The van der Waals surface area contributed by atoms with Crippen molar-refractivity contribution < 1.29 is 32.2 Å². The maximum Gasteiger partial charge on any atom is 0.337 e. The highest BCUT2D eigenvalue weighted by Gasteiger charge is 2.41. The molecule has 0 fully saturated rings. The van der Waals surface area contributed by atoms with Crippen molar-refractivity contribution in [3.05, 3.63) is 83.4 Å². The predicted molar refractivity (Wildman–Crippen MR) is 133 cm³/mol. The molecule has 0 bridgehead atoms. The van der Waals surface area contributed by atoms with Crippen LogP contribution in [0.2, 0.25) is 0 Å². The number of esters is 1. The van der Waals surface area contributed by atoms with E-state index in [0.717, 1.165) is 11.1 Å². The molecule has 1 aliphatic heterocycles. The molecule has 0 saturated heterocycles. The lowest BCUT2D eigenvalue weighted by atomic mass is 9.95. The number of hydrogen-bond acceptors (Lipinski definition) is 7. The molecule has 1 atom stereocenters. The van der Waals surface area contributed by atoms with E-state index in [9.17, 15) is 18.0 Å². The molecular formula is C26H26N2O7S. The third kappa shape index (κ3) is 4.91. The smallest absolute Gasteiger partial charge is 0.337 e. The van der Waals surface area contributed by atoms with Crippen LogP contribution in [-0.2, 0) is 32.5 Å². The van der Waals surface area contributed by atoms with Gasteiger partial charge in [-0.2, -0.15) is 4.31 Å². The van der Waals surface area contributed by atoms with Crippen molar-refractivity contribution in [1.29, 1.82) is 0 Å². The number of methoxy groups -OCH3 is 3. The first-order valence-electron chi connectivity index (χ1n) is 11.1. The molecule has 0 aliphatic carbocycles. The van der Waals surface area contributed by atoms with Gasteiger partial charge in [0.25, 0.3) is 0 Å². The first kappa shape index (κ1) is 25.2. The van der Waals surface area contributed by atoms with E-state index in [1.165, 1.54) is 49.9 Å². The Morgan fingerprint density at radius 3 is 2.25 bits per heavy atom. The van der Waals surface area contributed by atoms with E-state index >= 15 is 0 Å². The lowest BCUT2D eigenvalue weighted by Gasteiger charge is -2.35. The Balaban J connectivity index is 1.71. The van der Waals surface area contributed by atoms with Gasteiger partial charge < -0.3 is 19.5 Å². The molecule has 0 radical (unpaired) electrons. The Labute approximate surface area is 209 Å². The molecule has 3 aromatic rings. The highest BCUT2D eigenvalue weighted by Crippen LogP contribution is 2.35. The molecule has 1 amide bonds. The van der Waals surface area contributed by atoms with Gasteiger partial charge in [0.2, 0.25) is 15.9 Å². The van der Waals surface area contributed by atoms with Gasteiger partial charge in [0.1, 0.15) is 22.4 Å². The number of sulfonamides is 1. The van der Waals surface area contributed by atoms with E-state index in [1.807, 2.05) is 24.3 Å². The summed E-state index contributed by atoms with van der Waals surface area (Å²) in [4.78, 5) is 25.1. The number of anilines is 1. The van der Waals surface area contributed by atoms with Gasteiger partial charge in [-0.1, -0.05) is 24.3 Å². The van der Waals surface area contributed by atoms with E-state index in [0.29, 0.717) is 17.0 Å². The van der Waals surface area contributed by atoms with Gasteiger partial charge in [-0.05, 0) is 53.9 Å².